The van der Waals surface area contributed by atoms with Crippen LogP contribution in [0, 0.1) is 5.92 Å². The first-order valence-corrected chi connectivity index (χ1v) is 7.83. The minimum atomic E-state index is -0.0205. The maximum atomic E-state index is 5.90. The van der Waals surface area contributed by atoms with Crippen LogP contribution in [0.2, 0.25) is 0 Å². The second-order valence-electron chi connectivity index (χ2n) is 6.94. The van der Waals surface area contributed by atoms with Gasteiger partial charge in [-0.25, -0.2) is 0 Å². The Balaban J connectivity index is 0.00000400. The molecule has 0 aromatic carbocycles. The molecular weight excluding hydrogens is 377 g/mol. The van der Waals surface area contributed by atoms with E-state index in [1.807, 2.05) is 0 Å². The number of hydrogen-bond acceptors (Lipinski definition) is 3. The molecule has 1 atom stereocenters. The molecule has 0 saturated carbocycles. The number of aliphatic imine (C=N–C) groups is 1. The quantitative estimate of drug-likeness (QED) is 0.410. The number of halogens is 1. The molecule has 5 nitrogen and oxygen atoms in total. The molecule has 1 aliphatic rings. The van der Waals surface area contributed by atoms with Gasteiger partial charge in [0.15, 0.2) is 5.96 Å². The molecule has 0 aromatic heterocycles. The summed E-state index contributed by atoms with van der Waals surface area (Å²) in [5.41, 5.74) is 5.88. The summed E-state index contributed by atoms with van der Waals surface area (Å²) in [5, 5.41) is 3.20. The van der Waals surface area contributed by atoms with Gasteiger partial charge in [0, 0.05) is 44.8 Å². The van der Waals surface area contributed by atoms with Crippen molar-refractivity contribution in [2.45, 2.75) is 40.2 Å². The first kappa shape index (κ1) is 20.9. The van der Waals surface area contributed by atoms with Crippen molar-refractivity contribution in [3.8, 4) is 0 Å². The molecule has 1 heterocycles. The molecule has 1 fully saturated rings. The van der Waals surface area contributed by atoms with Crippen molar-refractivity contribution in [1.82, 2.24) is 15.1 Å². The van der Waals surface area contributed by atoms with E-state index in [4.69, 9.17) is 5.73 Å². The van der Waals surface area contributed by atoms with Crippen molar-refractivity contribution >= 4 is 29.9 Å². The van der Waals surface area contributed by atoms with Crippen LogP contribution in [0.5, 0.6) is 0 Å². The lowest BCUT2D eigenvalue weighted by atomic mass is 10.1. The van der Waals surface area contributed by atoms with Crippen molar-refractivity contribution in [2.75, 3.05) is 45.8 Å². The van der Waals surface area contributed by atoms with Crippen molar-refractivity contribution in [1.29, 1.82) is 0 Å². The van der Waals surface area contributed by atoms with Crippen LogP contribution in [-0.4, -0.2) is 67.1 Å². The Hall–Kier alpha value is -0.0800. The fourth-order valence-electron chi connectivity index (χ4n) is 2.46. The molecule has 1 rings (SSSR count). The number of nitrogens with two attached hydrogens (primary N) is 1. The molecule has 0 bridgehead atoms. The first-order chi connectivity index (χ1) is 9.30. The zero-order valence-corrected chi connectivity index (χ0v) is 16.7. The van der Waals surface area contributed by atoms with Gasteiger partial charge in [-0.15, -0.1) is 24.0 Å². The van der Waals surface area contributed by atoms with Gasteiger partial charge >= 0.3 is 0 Å². The normalized spacial score (nSPS) is 20.0. The summed E-state index contributed by atoms with van der Waals surface area (Å²) in [6, 6.07) is 0. The summed E-state index contributed by atoms with van der Waals surface area (Å²) < 4.78 is 0. The summed E-state index contributed by atoms with van der Waals surface area (Å²) in [6.07, 6.45) is 0. The predicted octanol–water partition coefficient (Wildman–Crippen LogP) is 1.58. The van der Waals surface area contributed by atoms with Gasteiger partial charge in [-0.3, -0.25) is 4.99 Å². The Morgan fingerprint density at radius 3 is 2.19 bits per heavy atom. The van der Waals surface area contributed by atoms with E-state index in [1.165, 1.54) is 32.7 Å². The highest BCUT2D eigenvalue weighted by molar-refractivity contribution is 14.0. The Labute approximate surface area is 147 Å². The van der Waals surface area contributed by atoms with E-state index in [2.05, 4.69) is 54.7 Å². The maximum absolute atomic E-state index is 5.90. The van der Waals surface area contributed by atoms with E-state index in [-0.39, 0.29) is 29.5 Å². The predicted molar refractivity (Wildman–Crippen MR) is 103 cm³/mol. The molecule has 21 heavy (non-hydrogen) atoms. The number of hydrogen-bond donors (Lipinski definition) is 2. The monoisotopic (exact) mass is 411 g/mol. The van der Waals surface area contributed by atoms with Gasteiger partial charge in [0.1, 0.15) is 0 Å². The van der Waals surface area contributed by atoms with Crippen LogP contribution in [0.15, 0.2) is 4.99 Å². The zero-order chi connectivity index (χ0) is 15.2. The number of nitrogens with one attached hydrogen (secondary N) is 1. The largest absolute Gasteiger partial charge is 0.370 e. The molecule has 1 unspecified atom stereocenters. The summed E-state index contributed by atoms with van der Waals surface area (Å²) >= 11 is 0. The van der Waals surface area contributed by atoms with E-state index in [9.17, 15) is 0 Å². The second kappa shape index (κ2) is 9.84. The van der Waals surface area contributed by atoms with Crippen LogP contribution in [-0.2, 0) is 0 Å². The van der Waals surface area contributed by atoms with Crippen molar-refractivity contribution in [3.63, 3.8) is 0 Å². The van der Waals surface area contributed by atoms with E-state index >= 15 is 0 Å². The van der Waals surface area contributed by atoms with Gasteiger partial charge in [0.2, 0.25) is 0 Å². The summed E-state index contributed by atoms with van der Waals surface area (Å²) in [4.78, 5) is 9.50. The topological polar surface area (TPSA) is 56.9 Å². The van der Waals surface area contributed by atoms with Crippen LogP contribution < -0.4 is 11.1 Å². The third-order valence-corrected chi connectivity index (χ3v) is 3.56. The smallest absolute Gasteiger partial charge is 0.188 e. The second-order valence-corrected chi connectivity index (χ2v) is 6.94. The third kappa shape index (κ3) is 9.52. The molecule has 0 aliphatic carbocycles. The van der Waals surface area contributed by atoms with E-state index < -0.39 is 0 Å². The summed E-state index contributed by atoms with van der Waals surface area (Å²) in [6.45, 7) is 18.6. The molecular formula is C15H34IN5. The Bertz CT molecular complexity index is 306. The standard InChI is InChI=1S/C15H33N5.HI/c1-6-19-7-9-20(10-8-19)12-13(2)11-17-14(16)18-15(3,4)5;/h13H,6-12H2,1-5H3,(H3,16,17,18);1H. The third-order valence-electron chi connectivity index (χ3n) is 3.56. The minimum absolute atomic E-state index is 0. The highest BCUT2D eigenvalue weighted by Crippen LogP contribution is 2.06. The fraction of sp³-hybridized carbons (Fsp3) is 0.933. The fourth-order valence-corrected chi connectivity index (χ4v) is 2.46. The van der Waals surface area contributed by atoms with Crippen LogP contribution in [0.3, 0.4) is 0 Å². The van der Waals surface area contributed by atoms with Crippen molar-refractivity contribution < 1.29 is 0 Å². The van der Waals surface area contributed by atoms with E-state index in [1.54, 1.807) is 0 Å². The lowest BCUT2D eigenvalue weighted by Crippen LogP contribution is -2.47. The molecule has 0 amide bonds. The van der Waals surface area contributed by atoms with Gasteiger partial charge in [0.25, 0.3) is 0 Å². The zero-order valence-electron chi connectivity index (χ0n) is 14.4. The maximum Gasteiger partial charge on any atom is 0.188 e. The lowest BCUT2D eigenvalue weighted by Gasteiger charge is -2.35. The van der Waals surface area contributed by atoms with Crippen molar-refractivity contribution in [2.24, 2.45) is 16.6 Å². The van der Waals surface area contributed by atoms with Crippen LogP contribution in [0.4, 0.5) is 0 Å². The highest BCUT2D eigenvalue weighted by Gasteiger charge is 2.17. The van der Waals surface area contributed by atoms with Crippen LogP contribution in [0.1, 0.15) is 34.6 Å². The molecule has 0 aromatic rings. The molecule has 6 heteroatoms. The molecule has 0 spiro atoms. The Morgan fingerprint density at radius 2 is 1.71 bits per heavy atom. The first-order valence-electron chi connectivity index (χ1n) is 7.83. The molecule has 126 valence electrons. The van der Waals surface area contributed by atoms with Crippen LogP contribution in [0.25, 0.3) is 0 Å². The Morgan fingerprint density at radius 1 is 1.19 bits per heavy atom. The van der Waals surface area contributed by atoms with E-state index in [0.29, 0.717) is 11.9 Å². The molecule has 3 N–H and O–H groups in total. The average molecular weight is 411 g/mol. The van der Waals surface area contributed by atoms with Gasteiger partial charge < -0.3 is 20.9 Å². The van der Waals surface area contributed by atoms with E-state index in [0.717, 1.165) is 13.1 Å². The molecule has 1 aliphatic heterocycles. The number of guanidine groups is 1. The van der Waals surface area contributed by atoms with Crippen LogP contribution >= 0.6 is 24.0 Å². The highest BCUT2D eigenvalue weighted by atomic mass is 127. The summed E-state index contributed by atoms with van der Waals surface area (Å²) in [5.74, 6) is 1.10. The lowest BCUT2D eigenvalue weighted by molar-refractivity contribution is 0.125. The average Bonchev–Trinajstić information content (AvgIpc) is 2.35. The van der Waals surface area contributed by atoms with Crippen molar-refractivity contribution in [3.05, 3.63) is 0 Å². The van der Waals surface area contributed by atoms with Gasteiger partial charge in [-0.05, 0) is 33.2 Å². The molecule has 1 saturated heterocycles. The summed E-state index contributed by atoms with van der Waals surface area (Å²) in [7, 11) is 0. The van der Waals surface area contributed by atoms with Gasteiger partial charge in [-0.2, -0.15) is 0 Å². The number of piperazine rings is 1. The number of likely N-dealkylation sites (N-methyl/N-ethyl adjacent to an activating group) is 1. The SMILES string of the molecule is CCN1CCN(CC(C)CN=C(N)NC(C)(C)C)CC1.I. The molecule has 0 radical (unpaired) electrons. The number of rotatable bonds is 5. The minimum Gasteiger partial charge on any atom is -0.370 e. The number of nitrogens with zero attached hydrogens (tertiary/aromatic N) is 3. The Kier molecular flexibility index (Phi) is 9.80. The van der Waals surface area contributed by atoms with Gasteiger partial charge in [-0.1, -0.05) is 13.8 Å². The van der Waals surface area contributed by atoms with Gasteiger partial charge in [0.05, 0.1) is 0 Å².